The maximum atomic E-state index is 10.8. The molecule has 0 aliphatic rings. The minimum Gasteiger partial charge on any atom is -0.232 e. The van der Waals surface area contributed by atoms with E-state index in [0.717, 1.165) is 16.7 Å². The molecule has 0 aromatic heterocycles. The Morgan fingerprint density at radius 3 is 1.75 bits per heavy atom. The van der Waals surface area contributed by atoms with Gasteiger partial charge in [0, 0.05) is 0 Å². The standard InChI is InChI=1S/C9H11O2P/c1-6-4-7(2)9(12(10)11)8(3)5-6/h4-5H,1-3H3. The van der Waals surface area contributed by atoms with Crippen molar-refractivity contribution in [3.05, 3.63) is 28.8 Å². The van der Waals surface area contributed by atoms with Crippen LogP contribution in [0, 0.1) is 20.8 Å². The minimum atomic E-state index is -2.45. The predicted octanol–water partition coefficient (Wildman–Crippen LogP) is 2.41. The van der Waals surface area contributed by atoms with Gasteiger partial charge in [0.15, 0.2) is 0 Å². The second kappa shape index (κ2) is 3.24. The molecule has 1 aromatic rings. The number of rotatable bonds is 1. The third-order valence-electron chi connectivity index (χ3n) is 1.82. The topological polar surface area (TPSA) is 34.1 Å². The fourth-order valence-electron chi connectivity index (χ4n) is 1.46. The molecule has 0 aliphatic carbocycles. The van der Waals surface area contributed by atoms with Gasteiger partial charge in [-0.05, 0) is 31.9 Å². The first-order valence-electron chi connectivity index (χ1n) is 3.74. The van der Waals surface area contributed by atoms with Gasteiger partial charge >= 0.3 is 7.68 Å². The Morgan fingerprint density at radius 1 is 1.00 bits per heavy atom. The fourth-order valence-corrected chi connectivity index (χ4v) is 2.17. The van der Waals surface area contributed by atoms with Crippen LogP contribution in [0.5, 0.6) is 0 Å². The van der Waals surface area contributed by atoms with Gasteiger partial charge in [-0.1, -0.05) is 17.7 Å². The molecule has 0 heterocycles. The highest BCUT2D eigenvalue weighted by atomic mass is 31.1. The van der Waals surface area contributed by atoms with Crippen molar-refractivity contribution in [2.24, 2.45) is 0 Å². The summed E-state index contributed by atoms with van der Waals surface area (Å²) in [7, 11) is -2.45. The van der Waals surface area contributed by atoms with Crippen molar-refractivity contribution >= 4 is 13.0 Å². The van der Waals surface area contributed by atoms with Gasteiger partial charge in [0.05, 0.1) is 5.30 Å². The molecule has 12 heavy (non-hydrogen) atoms. The lowest BCUT2D eigenvalue weighted by atomic mass is 10.1. The van der Waals surface area contributed by atoms with Crippen molar-refractivity contribution in [1.82, 2.24) is 0 Å². The zero-order valence-corrected chi connectivity index (χ0v) is 8.31. The summed E-state index contributed by atoms with van der Waals surface area (Å²) in [5.41, 5.74) is 2.78. The summed E-state index contributed by atoms with van der Waals surface area (Å²) >= 11 is 0. The van der Waals surface area contributed by atoms with E-state index in [2.05, 4.69) is 0 Å². The van der Waals surface area contributed by atoms with Crippen LogP contribution in [-0.2, 0) is 9.13 Å². The quantitative estimate of drug-likeness (QED) is 0.625. The van der Waals surface area contributed by atoms with E-state index in [1.807, 2.05) is 32.9 Å². The van der Waals surface area contributed by atoms with Crippen molar-refractivity contribution in [1.29, 1.82) is 0 Å². The average Bonchev–Trinajstić information content (AvgIpc) is 1.82. The van der Waals surface area contributed by atoms with Crippen LogP contribution in [0.2, 0.25) is 0 Å². The lowest BCUT2D eigenvalue weighted by Crippen LogP contribution is -2.04. The summed E-state index contributed by atoms with van der Waals surface area (Å²) in [6, 6.07) is 3.76. The van der Waals surface area contributed by atoms with E-state index in [-0.39, 0.29) is 0 Å². The first-order valence-corrected chi connectivity index (χ1v) is 4.92. The van der Waals surface area contributed by atoms with Gasteiger partial charge in [0.1, 0.15) is 0 Å². The van der Waals surface area contributed by atoms with Gasteiger partial charge in [0.25, 0.3) is 0 Å². The second-order valence-electron chi connectivity index (χ2n) is 3.00. The van der Waals surface area contributed by atoms with E-state index in [4.69, 9.17) is 0 Å². The molecular weight excluding hydrogens is 171 g/mol. The summed E-state index contributed by atoms with van der Waals surface area (Å²) in [4.78, 5) is 0. The molecule has 0 spiro atoms. The molecule has 64 valence electrons. The first-order chi connectivity index (χ1) is 5.52. The van der Waals surface area contributed by atoms with Gasteiger partial charge < -0.3 is 0 Å². The van der Waals surface area contributed by atoms with Crippen LogP contribution >= 0.6 is 7.68 Å². The number of aryl methyl sites for hydroxylation is 3. The summed E-state index contributed by atoms with van der Waals surface area (Å²) in [6.45, 7) is 5.60. The third kappa shape index (κ3) is 1.64. The van der Waals surface area contributed by atoms with Gasteiger partial charge in [-0.25, -0.2) is 9.13 Å². The van der Waals surface area contributed by atoms with E-state index in [1.165, 1.54) is 0 Å². The summed E-state index contributed by atoms with van der Waals surface area (Å²) in [5.74, 6) is 0. The van der Waals surface area contributed by atoms with Gasteiger partial charge in [0.2, 0.25) is 0 Å². The van der Waals surface area contributed by atoms with Crippen molar-refractivity contribution in [3.63, 3.8) is 0 Å². The van der Waals surface area contributed by atoms with Crippen LogP contribution in [0.3, 0.4) is 0 Å². The second-order valence-corrected chi connectivity index (χ2v) is 3.97. The Bertz CT molecular complexity index is 347. The monoisotopic (exact) mass is 182 g/mol. The molecule has 1 aromatic carbocycles. The smallest absolute Gasteiger partial charge is 0.232 e. The molecular formula is C9H11O2P. The van der Waals surface area contributed by atoms with Crippen LogP contribution < -0.4 is 5.30 Å². The number of hydrogen-bond acceptors (Lipinski definition) is 2. The zero-order chi connectivity index (χ0) is 9.30. The summed E-state index contributed by atoms with van der Waals surface area (Å²) in [5, 5.41) is 0.468. The molecule has 0 unspecified atom stereocenters. The molecule has 0 saturated carbocycles. The molecule has 3 heteroatoms. The Kier molecular flexibility index (Phi) is 2.49. The van der Waals surface area contributed by atoms with Gasteiger partial charge in [-0.3, -0.25) is 0 Å². The van der Waals surface area contributed by atoms with E-state index >= 15 is 0 Å². The van der Waals surface area contributed by atoms with Crippen molar-refractivity contribution in [3.8, 4) is 0 Å². The van der Waals surface area contributed by atoms with Gasteiger partial charge in [-0.15, -0.1) is 0 Å². The maximum absolute atomic E-state index is 10.8. The Balaban J connectivity index is 3.48. The molecule has 1 rings (SSSR count). The van der Waals surface area contributed by atoms with E-state index in [9.17, 15) is 9.13 Å². The molecule has 0 radical (unpaired) electrons. The lowest BCUT2D eigenvalue weighted by molar-refractivity contribution is 0.522. The molecule has 0 fully saturated rings. The molecule has 2 nitrogen and oxygen atoms in total. The highest BCUT2D eigenvalue weighted by molar-refractivity contribution is 7.40. The summed E-state index contributed by atoms with van der Waals surface area (Å²) in [6.07, 6.45) is 0. The van der Waals surface area contributed by atoms with Crippen molar-refractivity contribution in [2.75, 3.05) is 0 Å². The number of benzene rings is 1. The van der Waals surface area contributed by atoms with E-state index < -0.39 is 7.68 Å². The van der Waals surface area contributed by atoms with Crippen LogP contribution in [0.4, 0.5) is 0 Å². The number of hydrogen-bond donors (Lipinski definition) is 0. The van der Waals surface area contributed by atoms with Gasteiger partial charge in [-0.2, -0.15) is 0 Å². The molecule has 0 N–H and O–H groups in total. The van der Waals surface area contributed by atoms with Crippen molar-refractivity contribution in [2.45, 2.75) is 20.8 Å². The van der Waals surface area contributed by atoms with Crippen LogP contribution in [-0.4, -0.2) is 0 Å². The minimum absolute atomic E-state index is 0.468. The molecule has 0 bridgehead atoms. The average molecular weight is 182 g/mol. The lowest BCUT2D eigenvalue weighted by Gasteiger charge is -2.02. The van der Waals surface area contributed by atoms with E-state index in [1.54, 1.807) is 0 Å². The van der Waals surface area contributed by atoms with E-state index in [0.29, 0.717) is 5.30 Å². The summed E-state index contributed by atoms with van der Waals surface area (Å²) < 4.78 is 21.6. The fraction of sp³-hybridized carbons (Fsp3) is 0.333. The predicted molar refractivity (Wildman–Crippen MR) is 48.6 cm³/mol. The Hall–Kier alpha value is -0.880. The highest BCUT2D eigenvalue weighted by Crippen LogP contribution is 2.14. The normalized spacial score (nSPS) is 9.92. The molecule has 0 atom stereocenters. The van der Waals surface area contributed by atoms with Crippen LogP contribution in [0.15, 0.2) is 12.1 Å². The molecule has 0 amide bonds. The van der Waals surface area contributed by atoms with Crippen LogP contribution in [0.1, 0.15) is 16.7 Å². The molecule has 0 aliphatic heterocycles. The highest BCUT2D eigenvalue weighted by Gasteiger charge is 2.07. The Morgan fingerprint density at radius 2 is 1.42 bits per heavy atom. The first kappa shape index (κ1) is 9.21. The maximum Gasteiger partial charge on any atom is 0.349 e. The Labute approximate surface area is 72.4 Å². The largest absolute Gasteiger partial charge is 0.349 e. The molecule has 0 saturated heterocycles. The van der Waals surface area contributed by atoms with Crippen LogP contribution in [0.25, 0.3) is 0 Å². The van der Waals surface area contributed by atoms with Crippen molar-refractivity contribution < 1.29 is 9.13 Å². The zero-order valence-electron chi connectivity index (χ0n) is 7.42. The SMILES string of the molecule is Cc1cc(C)c(P(=O)=O)c(C)c1. The third-order valence-corrected chi connectivity index (χ3v) is 2.89.